The van der Waals surface area contributed by atoms with E-state index in [1.165, 1.54) is 4.90 Å². The molecule has 0 saturated heterocycles. The molecule has 2 aromatic carbocycles. The smallest absolute Gasteiger partial charge is 0.261 e. The molecule has 2 aliphatic rings. The van der Waals surface area contributed by atoms with Gasteiger partial charge in [0.2, 0.25) is 0 Å². The third-order valence-corrected chi connectivity index (χ3v) is 6.03. The summed E-state index contributed by atoms with van der Waals surface area (Å²) in [5.74, 6) is 0.0730. The lowest BCUT2D eigenvalue weighted by molar-refractivity contribution is 0.0548. The minimum Gasteiger partial charge on any atom is -0.497 e. The predicted octanol–water partition coefficient (Wildman–Crippen LogP) is 3.90. The summed E-state index contributed by atoms with van der Waals surface area (Å²) in [5, 5.41) is 0. The first-order valence-electron chi connectivity index (χ1n) is 10.4. The molecule has 4 rings (SSSR count). The Morgan fingerprint density at radius 2 is 1.67 bits per heavy atom. The molecule has 1 heterocycles. The zero-order chi connectivity index (χ0) is 21.3. The fourth-order valence-corrected chi connectivity index (χ4v) is 4.36. The zero-order valence-corrected chi connectivity index (χ0v) is 17.4. The Morgan fingerprint density at radius 3 is 2.33 bits per heavy atom. The van der Waals surface area contributed by atoms with E-state index in [0.717, 1.165) is 43.4 Å². The van der Waals surface area contributed by atoms with Crippen molar-refractivity contribution in [1.29, 1.82) is 0 Å². The number of nitrogens with zero attached hydrogens (tertiary/aromatic N) is 2. The van der Waals surface area contributed by atoms with Gasteiger partial charge in [-0.2, -0.15) is 0 Å². The number of hydrogen-bond acceptors (Lipinski definition) is 4. The average molecular weight is 406 g/mol. The van der Waals surface area contributed by atoms with Crippen LogP contribution in [0.15, 0.2) is 42.5 Å². The summed E-state index contributed by atoms with van der Waals surface area (Å²) in [6.07, 6.45) is 4.96. The van der Waals surface area contributed by atoms with Crippen molar-refractivity contribution in [2.75, 3.05) is 14.2 Å². The summed E-state index contributed by atoms with van der Waals surface area (Å²) < 4.78 is 5.16. The van der Waals surface area contributed by atoms with Crippen LogP contribution in [0, 0.1) is 0 Å². The lowest BCUT2D eigenvalue weighted by atomic mass is 9.94. The van der Waals surface area contributed by atoms with Crippen molar-refractivity contribution in [3.05, 3.63) is 64.7 Å². The number of ether oxygens (including phenoxy) is 1. The predicted molar refractivity (Wildman–Crippen MR) is 113 cm³/mol. The van der Waals surface area contributed by atoms with Gasteiger partial charge in [-0.1, -0.05) is 31.4 Å². The van der Waals surface area contributed by atoms with E-state index in [9.17, 15) is 14.4 Å². The minimum absolute atomic E-state index is 0.0250. The topological polar surface area (TPSA) is 66.9 Å². The molecule has 0 bridgehead atoms. The quantitative estimate of drug-likeness (QED) is 0.707. The largest absolute Gasteiger partial charge is 0.497 e. The van der Waals surface area contributed by atoms with Crippen molar-refractivity contribution in [3.63, 3.8) is 0 Å². The van der Waals surface area contributed by atoms with Crippen LogP contribution in [0.1, 0.15) is 68.7 Å². The Bertz CT molecular complexity index is 977. The lowest BCUT2D eigenvalue weighted by Gasteiger charge is -2.29. The van der Waals surface area contributed by atoms with Crippen molar-refractivity contribution >= 4 is 17.7 Å². The highest BCUT2D eigenvalue weighted by Crippen LogP contribution is 2.31. The average Bonchev–Trinajstić information content (AvgIpc) is 3.03. The first-order chi connectivity index (χ1) is 14.5. The van der Waals surface area contributed by atoms with Gasteiger partial charge in [-0.15, -0.1) is 0 Å². The SMILES string of the molecule is COc1ccc(CN(C)C(=O)c2ccc3c(c2)C(=O)N(C2CCCCC2)C3=O)cc1. The molecule has 1 aliphatic heterocycles. The molecule has 1 fully saturated rings. The fourth-order valence-electron chi connectivity index (χ4n) is 4.36. The van der Waals surface area contributed by atoms with Gasteiger partial charge in [-0.05, 0) is 48.7 Å². The summed E-state index contributed by atoms with van der Waals surface area (Å²) in [6.45, 7) is 0.432. The van der Waals surface area contributed by atoms with Gasteiger partial charge < -0.3 is 9.64 Å². The number of hydrogen-bond donors (Lipinski definition) is 0. The van der Waals surface area contributed by atoms with E-state index in [0.29, 0.717) is 23.2 Å². The van der Waals surface area contributed by atoms with Gasteiger partial charge >= 0.3 is 0 Å². The van der Waals surface area contributed by atoms with Crippen molar-refractivity contribution in [2.24, 2.45) is 0 Å². The Hall–Kier alpha value is -3.15. The molecule has 3 amide bonds. The molecule has 156 valence electrons. The second kappa shape index (κ2) is 8.30. The van der Waals surface area contributed by atoms with E-state index in [-0.39, 0.29) is 23.8 Å². The van der Waals surface area contributed by atoms with Crippen molar-refractivity contribution < 1.29 is 19.1 Å². The number of methoxy groups -OCH3 is 1. The van der Waals surface area contributed by atoms with Crippen LogP contribution < -0.4 is 4.74 Å². The minimum atomic E-state index is -0.269. The number of benzene rings is 2. The fraction of sp³-hybridized carbons (Fsp3) is 0.375. The Kier molecular flexibility index (Phi) is 5.57. The van der Waals surface area contributed by atoms with Crippen LogP contribution in [0.2, 0.25) is 0 Å². The molecule has 0 aromatic heterocycles. The van der Waals surface area contributed by atoms with Gasteiger partial charge in [0.1, 0.15) is 5.75 Å². The third kappa shape index (κ3) is 3.70. The molecule has 1 saturated carbocycles. The summed E-state index contributed by atoms with van der Waals surface area (Å²) in [6, 6.07) is 12.3. The number of carbonyl (C=O) groups excluding carboxylic acids is 3. The molecule has 6 nitrogen and oxygen atoms in total. The molecule has 0 radical (unpaired) electrons. The van der Waals surface area contributed by atoms with Gasteiger partial charge in [0, 0.05) is 25.2 Å². The number of rotatable bonds is 5. The van der Waals surface area contributed by atoms with Crippen molar-refractivity contribution in [1.82, 2.24) is 9.80 Å². The molecule has 0 unspecified atom stereocenters. The van der Waals surface area contributed by atoms with Gasteiger partial charge in [0.05, 0.1) is 18.2 Å². The highest BCUT2D eigenvalue weighted by atomic mass is 16.5. The molecule has 30 heavy (non-hydrogen) atoms. The molecule has 0 atom stereocenters. The lowest BCUT2D eigenvalue weighted by Crippen LogP contribution is -2.40. The number of carbonyl (C=O) groups is 3. The van der Waals surface area contributed by atoms with Crippen LogP contribution in [-0.2, 0) is 6.54 Å². The Balaban J connectivity index is 1.51. The van der Waals surface area contributed by atoms with Crippen LogP contribution in [0.25, 0.3) is 0 Å². The molecular formula is C24H26N2O4. The highest BCUT2D eigenvalue weighted by Gasteiger charge is 2.40. The second-order valence-corrected chi connectivity index (χ2v) is 8.04. The van der Waals surface area contributed by atoms with E-state index >= 15 is 0 Å². The summed E-state index contributed by atoms with van der Waals surface area (Å²) >= 11 is 0. The normalized spacial score (nSPS) is 16.5. The molecule has 2 aromatic rings. The zero-order valence-electron chi connectivity index (χ0n) is 17.4. The molecule has 0 spiro atoms. The van der Waals surface area contributed by atoms with Crippen LogP contribution >= 0.6 is 0 Å². The van der Waals surface area contributed by atoms with Gasteiger partial charge in [0.15, 0.2) is 0 Å². The number of imide groups is 1. The van der Waals surface area contributed by atoms with Crippen molar-refractivity contribution in [3.8, 4) is 5.75 Å². The van der Waals surface area contributed by atoms with E-state index in [1.807, 2.05) is 24.3 Å². The van der Waals surface area contributed by atoms with Crippen LogP contribution in [0.5, 0.6) is 5.75 Å². The van der Waals surface area contributed by atoms with Gasteiger partial charge in [-0.3, -0.25) is 19.3 Å². The summed E-state index contributed by atoms with van der Waals surface area (Å²) in [5.41, 5.74) is 2.13. The van der Waals surface area contributed by atoms with Crippen LogP contribution in [0.4, 0.5) is 0 Å². The maximum atomic E-state index is 13.0. The summed E-state index contributed by atoms with van der Waals surface area (Å²) in [4.78, 5) is 41.7. The van der Waals surface area contributed by atoms with Gasteiger partial charge in [-0.25, -0.2) is 0 Å². The van der Waals surface area contributed by atoms with Crippen molar-refractivity contribution in [2.45, 2.75) is 44.7 Å². The van der Waals surface area contributed by atoms with E-state index < -0.39 is 0 Å². The van der Waals surface area contributed by atoms with E-state index in [4.69, 9.17) is 4.74 Å². The second-order valence-electron chi connectivity index (χ2n) is 8.04. The van der Waals surface area contributed by atoms with Crippen LogP contribution in [-0.4, -0.2) is 47.7 Å². The number of amides is 3. The Morgan fingerprint density at radius 1 is 1.00 bits per heavy atom. The first kappa shape index (κ1) is 20.1. The van der Waals surface area contributed by atoms with Crippen LogP contribution in [0.3, 0.4) is 0 Å². The molecular weight excluding hydrogens is 380 g/mol. The van der Waals surface area contributed by atoms with E-state index in [1.54, 1.807) is 37.3 Å². The van der Waals surface area contributed by atoms with Gasteiger partial charge in [0.25, 0.3) is 17.7 Å². The first-order valence-corrected chi connectivity index (χ1v) is 10.4. The maximum Gasteiger partial charge on any atom is 0.261 e. The standard InChI is InChI=1S/C24H26N2O4/c1-25(15-16-8-11-19(30-2)12-9-16)22(27)17-10-13-20-21(14-17)24(29)26(23(20)28)18-6-4-3-5-7-18/h8-14,18H,3-7,15H2,1-2H3. The Labute approximate surface area is 176 Å². The maximum absolute atomic E-state index is 13.0. The molecule has 1 aliphatic carbocycles. The monoisotopic (exact) mass is 406 g/mol. The van der Waals surface area contributed by atoms with E-state index in [2.05, 4.69) is 0 Å². The summed E-state index contributed by atoms with van der Waals surface area (Å²) in [7, 11) is 3.33. The highest BCUT2D eigenvalue weighted by molar-refractivity contribution is 6.22. The molecule has 0 N–H and O–H groups in total. The third-order valence-electron chi connectivity index (χ3n) is 6.03. The number of fused-ring (bicyclic) bond motifs is 1. The molecule has 6 heteroatoms.